The lowest BCUT2D eigenvalue weighted by Gasteiger charge is -2.07. The number of carbonyl (C=O) groups is 3. The molecule has 0 rings (SSSR count). The Balaban J connectivity index is 3.30. The Hall–Kier alpha value is -1.89. The van der Waals surface area contributed by atoms with Gasteiger partial charge in [0.1, 0.15) is 12.4 Å². The number of unbranched alkanes of at least 4 members (excludes halogenated alkanes) is 12. The fraction of sp³-hybridized carbons (Fsp3) is 0.857. The average Bonchev–Trinajstić information content (AvgIpc) is 2.94. The summed E-state index contributed by atoms with van der Waals surface area (Å²) in [6.07, 6.45) is 18.3. The molecule has 0 radical (unpaired) electrons. The van der Waals surface area contributed by atoms with E-state index in [1.165, 1.54) is 83.1 Å². The number of ketones is 1. The van der Waals surface area contributed by atoms with Crippen LogP contribution in [-0.4, -0.2) is 62.2 Å². The number of nitrogens with two attached hydrogens (primary N) is 2. The molecule has 0 aliphatic rings. The summed E-state index contributed by atoms with van der Waals surface area (Å²) in [6.45, 7) is 3.18. The molecule has 7 N–H and O–H groups in total. The second-order valence-corrected chi connectivity index (χ2v) is 10.9. The number of hydrazine groups is 1. The quantitative estimate of drug-likeness (QED) is 0.0217. The van der Waals surface area contributed by atoms with Crippen LogP contribution in [0.5, 0.6) is 0 Å². The van der Waals surface area contributed by atoms with Crippen molar-refractivity contribution in [1.29, 1.82) is 0 Å². The molecular formula is C28H56N6O5S. The Morgan fingerprint density at radius 3 is 1.77 bits per heavy atom. The number of rotatable bonds is 29. The highest BCUT2D eigenvalue weighted by Crippen LogP contribution is 2.13. The number of amidine groups is 1. The van der Waals surface area contributed by atoms with Crippen LogP contribution in [0.25, 0.3) is 0 Å². The van der Waals surface area contributed by atoms with Gasteiger partial charge in [0.25, 0.3) is 0 Å². The minimum absolute atomic E-state index is 0.0149. The molecule has 0 spiro atoms. The maximum atomic E-state index is 11.9. The summed E-state index contributed by atoms with van der Waals surface area (Å²) < 4.78 is 13.3. The molecule has 0 aliphatic carbocycles. The first-order valence-electron chi connectivity index (χ1n) is 15.0. The number of hydrazone groups is 1. The van der Waals surface area contributed by atoms with Crippen LogP contribution in [0.3, 0.4) is 0 Å². The van der Waals surface area contributed by atoms with Crippen molar-refractivity contribution in [3.05, 3.63) is 0 Å². The summed E-state index contributed by atoms with van der Waals surface area (Å²) in [5, 5.41) is 6.39. The molecule has 0 aromatic rings. The number of amides is 2. The Kier molecular flexibility index (Phi) is 28.7. The first kappa shape index (κ1) is 38.1. The Morgan fingerprint density at radius 2 is 1.23 bits per heavy atom. The molecule has 0 aromatic carbocycles. The van der Waals surface area contributed by atoms with Gasteiger partial charge in [0.05, 0.1) is 19.8 Å². The third-order valence-corrected chi connectivity index (χ3v) is 7.09. The molecule has 11 nitrogen and oxygen atoms in total. The molecule has 0 aromatic heterocycles. The van der Waals surface area contributed by atoms with Crippen LogP contribution in [-0.2, 0) is 23.9 Å². The van der Waals surface area contributed by atoms with Gasteiger partial charge in [-0.3, -0.25) is 14.4 Å². The molecule has 0 fully saturated rings. The van der Waals surface area contributed by atoms with Crippen molar-refractivity contribution in [2.24, 2.45) is 16.8 Å². The van der Waals surface area contributed by atoms with Crippen molar-refractivity contribution < 1.29 is 23.9 Å². The van der Waals surface area contributed by atoms with E-state index >= 15 is 0 Å². The van der Waals surface area contributed by atoms with E-state index in [-0.39, 0.29) is 24.2 Å². The van der Waals surface area contributed by atoms with Gasteiger partial charge in [0.15, 0.2) is 5.78 Å². The van der Waals surface area contributed by atoms with Crippen molar-refractivity contribution in [2.75, 3.05) is 38.7 Å². The number of nitrogens with one attached hydrogen (secondary N) is 3. The van der Waals surface area contributed by atoms with Crippen LogP contribution < -0.4 is 27.2 Å². The van der Waals surface area contributed by atoms with Crippen molar-refractivity contribution in [3.63, 3.8) is 0 Å². The fourth-order valence-electron chi connectivity index (χ4n) is 3.97. The van der Waals surface area contributed by atoms with Crippen LogP contribution in [0, 0.1) is 0 Å². The van der Waals surface area contributed by atoms with E-state index in [2.05, 4.69) is 20.6 Å². The van der Waals surface area contributed by atoms with Gasteiger partial charge in [0, 0.05) is 31.6 Å². The van der Waals surface area contributed by atoms with Crippen LogP contribution in [0.15, 0.2) is 5.10 Å². The molecule has 0 atom stereocenters. The summed E-state index contributed by atoms with van der Waals surface area (Å²) in [5.74, 6) is 11.9. The van der Waals surface area contributed by atoms with Crippen LogP contribution in [0.2, 0.25) is 0 Å². The third kappa shape index (κ3) is 29.1. The van der Waals surface area contributed by atoms with Gasteiger partial charge < -0.3 is 30.8 Å². The van der Waals surface area contributed by atoms with Gasteiger partial charge in [-0.2, -0.15) is 5.10 Å². The van der Waals surface area contributed by atoms with Crippen molar-refractivity contribution in [1.82, 2.24) is 15.5 Å². The van der Waals surface area contributed by atoms with Crippen molar-refractivity contribution in [3.8, 4) is 0 Å². The second-order valence-electron chi connectivity index (χ2n) is 10.0. The number of carbonyl (C=O) groups excluding carboxylic acids is 3. The zero-order valence-electron chi connectivity index (χ0n) is 24.8. The molecule has 0 bridgehead atoms. The van der Waals surface area contributed by atoms with Crippen LogP contribution in [0.1, 0.15) is 116 Å². The lowest BCUT2D eigenvalue weighted by molar-refractivity contribution is -0.123. The normalized spacial score (nSPS) is 11.4. The first-order valence-corrected chi connectivity index (χ1v) is 16.0. The smallest absolute Gasteiger partial charge is 0.229 e. The van der Waals surface area contributed by atoms with Gasteiger partial charge in [-0.15, -0.1) is 0 Å². The summed E-state index contributed by atoms with van der Waals surface area (Å²) >= 11 is 1.38. The zero-order valence-corrected chi connectivity index (χ0v) is 25.6. The standard InChI is InChI=1S/C28H56N6O5S/c1-25(35)24-39-22-21-38-20-19-31-27(36)18-15-23-40-34-28(37)17-14-12-10-8-6-4-2-3-5-7-9-11-13-16-26(32-29)33-30/h2-24,29-30H2,1H3,(H,31,36)(H,32,33)(H,34,37). The molecule has 0 unspecified atom stereocenters. The van der Waals surface area contributed by atoms with Gasteiger partial charge in [-0.25, -0.2) is 5.84 Å². The zero-order chi connectivity index (χ0) is 29.5. The number of hydrogen-bond donors (Lipinski definition) is 5. The number of ether oxygens (including phenoxy) is 2. The van der Waals surface area contributed by atoms with E-state index in [4.69, 9.17) is 21.2 Å². The van der Waals surface area contributed by atoms with E-state index in [1.54, 1.807) is 0 Å². The van der Waals surface area contributed by atoms with Gasteiger partial charge >= 0.3 is 0 Å². The molecule has 0 heterocycles. The van der Waals surface area contributed by atoms with Gasteiger partial charge in [-0.05, 0) is 26.2 Å². The SMILES string of the molecule is CC(=O)COCCOCCNC(=O)CCCSNC(=O)CCCCCCCCCCCCCCC/C(=N/N)NN. The first-order chi connectivity index (χ1) is 19.5. The number of nitrogens with zero attached hydrogens (tertiary/aromatic N) is 1. The molecule has 0 saturated heterocycles. The molecule has 2 amide bonds. The summed E-state index contributed by atoms with van der Waals surface area (Å²) in [6, 6.07) is 0. The van der Waals surface area contributed by atoms with Crippen molar-refractivity contribution in [2.45, 2.75) is 116 Å². The van der Waals surface area contributed by atoms with Gasteiger partial charge in [-0.1, -0.05) is 82.6 Å². The highest BCUT2D eigenvalue weighted by molar-refractivity contribution is 7.97. The summed E-state index contributed by atoms with van der Waals surface area (Å²) in [4.78, 5) is 34.5. The average molecular weight is 589 g/mol. The second kappa shape index (κ2) is 30.1. The summed E-state index contributed by atoms with van der Waals surface area (Å²) in [5.41, 5.74) is 2.52. The Labute approximate surface area is 246 Å². The van der Waals surface area contributed by atoms with E-state index in [9.17, 15) is 14.4 Å². The Bertz CT molecular complexity index is 669. The number of hydrogen-bond acceptors (Lipinski definition) is 9. The molecule has 234 valence electrons. The van der Waals surface area contributed by atoms with E-state index in [1.807, 2.05) is 0 Å². The van der Waals surface area contributed by atoms with E-state index < -0.39 is 0 Å². The van der Waals surface area contributed by atoms with E-state index in [0.717, 1.165) is 25.7 Å². The molecule has 40 heavy (non-hydrogen) atoms. The number of Topliss-reactive ketones (excluding diaryl/α,β-unsaturated/α-hetero) is 1. The third-order valence-electron chi connectivity index (χ3n) is 6.22. The molecule has 12 heteroatoms. The van der Waals surface area contributed by atoms with Gasteiger partial charge in [0.2, 0.25) is 11.8 Å². The maximum absolute atomic E-state index is 11.9. The monoisotopic (exact) mass is 588 g/mol. The molecular weight excluding hydrogens is 532 g/mol. The van der Waals surface area contributed by atoms with Crippen molar-refractivity contribution >= 4 is 35.4 Å². The minimum atomic E-state index is -0.0238. The lowest BCUT2D eigenvalue weighted by atomic mass is 10.0. The van der Waals surface area contributed by atoms with Crippen LogP contribution >= 0.6 is 11.9 Å². The van der Waals surface area contributed by atoms with Crippen LogP contribution in [0.4, 0.5) is 0 Å². The summed E-state index contributed by atoms with van der Waals surface area (Å²) in [7, 11) is 0. The Morgan fingerprint density at radius 1 is 0.700 bits per heavy atom. The predicted molar refractivity (Wildman–Crippen MR) is 163 cm³/mol. The highest BCUT2D eigenvalue weighted by Gasteiger charge is 2.04. The topological polar surface area (TPSA) is 170 Å². The molecule has 0 aliphatic heterocycles. The minimum Gasteiger partial charge on any atom is -0.377 e. The fourth-order valence-corrected chi connectivity index (χ4v) is 4.62. The molecule has 0 saturated carbocycles. The van der Waals surface area contributed by atoms with E-state index in [0.29, 0.717) is 57.2 Å². The maximum Gasteiger partial charge on any atom is 0.229 e. The lowest BCUT2D eigenvalue weighted by Crippen LogP contribution is -2.31. The predicted octanol–water partition coefficient (Wildman–Crippen LogP) is 3.86. The highest BCUT2D eigenvalue weighted by atomic mass is 32.2. The largest absolute Gasteiger partial charge is 0.377 e.